The number of amides is 1. The molecule has 0 saturated carbocycles. The smallest absolute Gasteiger partial charge is 0.228 e. The highest BCUT2D eigenvalue weighted by Crippen LogP contribution is 2.23. The molecule has 1 aliphatic rings. The second kappa shape index (κ2) is 9.41. The second-order valence-electron chi connectivity index (χ2n) is 7.57. The molecule has 2 aromatic carbocycles. The number of halogens is 2. The molecule has 0 atom stereocenters. The summed E-state index contributed by atoms with van der Waals surface area (Å²) in [6, 6.07) is 15.6. The summed E-state index contributed by atoms with van der Waals surface area (Å²) in [7, 11) is 2.11. The van der Waals surface area contributed by atoms with Crippen LogP contribution in [0.1, 0.15) is 5.56 Å². The van der Waals surface area contributed by atoms with E-state index in [9.17, 15) is 9.18 Å². The van der Waals surface area contributed by atoms with Crippen molar-refractivity contribution in [1.29, 1.82) is 0 Å². The molecule has 0 bridgehead atoms. The monoisotopic (exact) mass is 439 g/mol. The molecule has 1 aliphatic heterocycles. The minimum absolute atomic E-state index is 0.144. The van der Waals surface area contributed by atoms with Crippen LogP contribution in [0.3, 0.4) is 0 Å². The minimum atomic E-state index is -0.493. The molecule has 1 saturated heterocycles. The van der Waals surface area contributed by atoms with Gasteiger partial charge in [0.25, 0.3) is 0 Å². The van der Waals surface area contributed by atoms with E-state index in [0.29, 0.717) is 11.4 Å². The average Bonchev–Trinajstić information content (AvgIpc) is 2.77. The number of nitrogens with zero attached hydrogens (tertiary/aromatic N) is 4. The maximum absolute atomic E-state index is 13.9. The predicted molar refractivity (Wildman–Crippen MR) is 121 cm³/mol. The number of piperazine rings is 1. The van der Waals surface area contributed by atoms with Crippen LogP contribution >= 0.6 is 11.6 Å². The number of aromatic nitrogens is 2. The number of benzene rings is 2. The lowest BCUT2D eigenvalue weighted by Gasteiger charge is -2.32. The maximum Gasteiger partial charge on any atom is 0.228 e. The molecule has 160 valence electrons. The number of hydrogen-bond donors (Lipinski definition) is 1. The Hall–Kier alpha value is -3.03. The van der Waals surface area contributed by atoms with Crippen LogP contribution in [-0.4, -0.2) is 54.2 Å². The van der Waals surface area contributed by atoms with Crippen LogP contribution in [0.15, 0.2) is 54.6 Å². The van der Waals surface area contributed by atoms with E-state index in [1.807, 2.05) is 30.3 Å². The Morgan fingerprint density at radius 3 is 2.55 bits per heavy atom. The largest absolute Gasteiger partial charge is 0.353 e. The van der Waals surface area contributed by atoms with Crippen molar-refractivity contribution in [1.82, 2.24) is 15.1 Å². The average molecular weight is 440 g/mol. The van der Waals surface area contributed by atoms with Crippen molar-refractivity contribution in [2.24, 2.45) is 0 Å². The van der Waals surface area contributed by atoms with E-state index < -0.39 is 5.82 Å². The Kier molecular flexibility index (Phi) is 6.44. The van der Waals surface area contributed by atoms with Gasteiger partial charge >= 0.3 is 0 Å². The fraction of sp³-hybridized carbons (Fsp3) is 0.261. The first-order valence-electron chi connectivity index (χ1n) is 10.1. The van der Waals surface area contributed by atoms with E-state index in [-0.39, 0.29) is 22.9 Å². The first kappa shape index (κ1) is 21.2. The van der Waals surface area contributed by atoms with Crippen LogP contribution in [0.25, 0.3) is 11.3 Å². The molecule has 0 aliphatic carbocycles. The molecule has 1 amide bonds. The van der Waals surface area contributed by atoms with Gasteiger partial charge in [-0.2, -0.15) is 0 Å². The van der Waals surface area contributed by atoms with Crippen molar-refractivity contribution in [2.75, 3.05) is 43.4 Å². The third-order valence-electron chi connectivity index (χ3n) is 5.32. The van der Waals surface area contributed by atoms with Gasteiger partial charge in [-0.15, -0.1) is 10.2 Å². The standard InChI is InChI=1S/C23H23ClFN5O/c1-29-10-12-30(13-11-29)22-9-8-21(27-28-22)16-4-2-5-17(14-16)26-23(31)15-18-19(24)6-3-7-20(18)25/h2-9,14H,10-13,15H2,1H3,(H,26,31). The summed E-state index contributed by atoms with van der Waals surface area (Å²) in [5, 5.41) is 11.8. The molecule has 0 unspecified atom stereocenters. The lowest BCUT2D eigenvalue weighted by Crippen LogP contribution is -2.44. The van der Waals surface area contributed by atoms with Crippen LogP contribution in [0.2, 0.25) is 5.02 Å². The van der Waals surface area contributed by atoms with Crippen molar-refractivity contribution in [3.05, 3.63) is 71.0 Å². The third kappa shape index (κ3) is 5.18. The minimum Gasteiger partial charge on any atom is -0.353 e. The lowest BCUT2D eigenvalue weighted by molar-refractivity contribution is -0.115. The van der Waals surface area contributed by atoms with Crippen LogP contribution in [0, 0.1) is 5.82 Å². The van der Waals surface area contributed by atoms with E-state index in [1.165, 1.54) is 12.1 Å². The molecular formula is C23H23ClFN5O. The van der Waals surface area contributed by atoms with Crippen molar-refractivity contribution in [3.63, 3.8) is 0 Å². The number of nitrogens with one attached hydrogen (secondary N) is 1. The van der Waals surface area contributed by atoms with E-state index in [1.54, 1.807) is 12.1 Å². The van der Waals surface area contributed by atoms with E-state index in [4.69, 9.17) is 11.6 Å². The summed E-state index contributed by atoms with van der Waals surface area (Å²) in [5.74, 6) is 0.0239. The fourth-order valence-electron chi connectivity index (χ4n) is 3.51. The molecule has 3 aromatic rings. The zero-order valence-electron chi connectivity index (χ0n) is 17.2. The number of likely N-dealkylation sites (N-methyl/N-ethyl adjacent to an activating group) is 1. The van der Waals surface area contributed by atoms with E-state index in [2.05, 4.69) is 32.4 Å². The lowest BCUT2D eigenvalue weighted by atomic mass is 10.1. The molecule has 1 N–H and O–H groups in total. The SMILES string of the molecule is CN1CCN(c2ccc(-c3cccc(NC(=O)Cc4c(F)cccc4Cl)c3)nn2)CC1. The maximum atomic E-state index is 13.9. The van der Waals surface area contributed by atoms with Gasteiger partial charge in [-0.1, -0.05) is 29.8 Å². The van der Waals surface area contributed by atoms with Gasteiger partial charge in [-0.25, -0.2) is 4.39 Å². The number of anilines is 2. The normalized spacial score (nSPS) is 14.5. The van der Waals surface area contributed by atoms with Crippen LogP contribution < -0.4 is 10.2 Å². The zero-order valence-corrected chi connectivity index (χ0v) is 17.9. The second-order valence-corrected chi connectivity index (χ2v) is 7.98. The Balaban J connectivity index is 1.44. The molecule has 0 spiro atoms. The van der Waals surface area contributed by atoms with Crippen LogP contribution in [0.5, 0.6) is 0 Å². The van der Waals surface area contributed by atoms with Gasteiger partial charge in [-0.3, -0.25) is 4.79 Å². The Labute approximate surface area is 185 Å². The molecule has 1 aromatic heterocycles. The van der Waals surface area contributed by atoms with Crippen LogP contribution in [-0.2, 0) is 11.2 Å². The van der Waals surface area contributed by atoms with Gasteiger partial charge in [-0.05, 0) is 43.4 Å². The molecule has 4 rings (SSSR count). The Morgan fingerprint density at radius 1 is 1.06 bits per heavy atom. The predicted octanol–water partition coefficient (Wildman–Crippen LogP) is 3.87. The third-order valence-corrected chi connectivity index (χ3v) is 5.67. The number of carbonyl (C=O) groups excluding carboxylic acids is 1. The van der Waals surface area contributed by atoms with Gasteiger partial charge in [0.05, 0.1) is 12.1 Å². The number of hydrogen-bond acceptors (Lipinski definition) is 5. The molecule has 1 fully saturated rings. The first-order valence-corrected chi connectivity index (χ1v) is 10.5. The molecule has 8 heteroatoms. The van der Waals surface area contributed by atoms with Crippen molar-refractivity contribution >= 4 is 29.0 Å². The fourth-order valence-corrected chi connectivity index (χ4v) is 3.74. The number of carbonyl (C=O) groups is 1. The molecule has 2 heterocycles. The van der Waals surface area contributed by atoms with Crippen molar-refractivity contribution in [2.45, 2.75) is 6.42 Å². The van der Waals surface area contributed by atoms with Gasteiger partial charge < -0.3 is 15.1 Å². The summed E-state index contributed by atoms with van der Waals surface area (Å²) < 4.78 is 13.9. The summed E-state index contributed by atoms with van der Waals surface area (Å²) in [6.07, 6.45) is -0.144. The van der Waals surface area contributed by atoms with Gasteiger partial charge in [0, 0.05) is 48.0 Å². The van der Waals surface area contributed by atoms with Gasteiger partial charge in [0.1, 0.15) is 5.82 Å². The highest BCUT2D eigenvalue weighted by atomic mass is 35.5. The summed E-state index contributed by atoms with van der Waals surface area (Å²) in [5.41, 5.74) is 2.33. The summed E-state index contributed by atoms with van der Waals surface area (Å²) in [4.78, 5) is 16.9. The van der Waals surface area contributed by atoms with E-state index >= 15 is 0 Å². The quantitative estimate of drug-likeness (QED) is 0.654. The van der Waals surface area contributed by atoms with E-state index in [0.717, 1.165) is 37.6 Å². The van der Waals surface area contributed by atoms with Gasteiger partial charge in [0.2, 0.25) is 5.91 Å². The Bertz CT molecular complexity index is 1050. The molecular weight excluding hydrogens is 417 g/mol. The summed E-state index contributed by atoms with van der Waals surface area (Å²) >= 11 is 6.02. The van der Waals surface area contributed by atoms with Crippen LogP contribution in [0.4, 0.5) is 15.9 Å². The highest BCUT2D eigenvalue weighted by molar-refractivity contribution is 6.31. The van der Waals surface area contributed by atoms with Crippen molar-refractivity contribution < 1.29 is 9.18 Å². The molecule has 6 nitrogen and oxygen atoms in total. The highest BCUT2D eigenvalue weighted by Gasteiger charge is 2.16. The van der Waals surface area contributed by atoms with Crippen molar-refractivity contribution in [3.8, 4) is 11.3 Å². The topological polar surface area (TPSA) is 61.4 Å². The molecule has 31 heavy (non-hydrogen) atoms. The Morgan fingerprint density at radius 2 is 1.84 bits per heavy atom. The first-order chi connectivity index (χ1) is 15.0. The number of rotatable bonds is 5. The van der Waals surface area contributed by atoms with Gasteiger partial charge in [0.15, 0.2) is 5.82 Å². The molecule has 0 radical (unpaired) electrons. The summed E-state index contributed by atoms with van der Waals surface area (Å²) in [6.45, 7) is 3.86. The zero-order chi connectivity index (χ0) is 21.8.